The molecular weight excluding hydrogens is 290 g/mol. The number of hydrogen-bond donors (Lipinski definition) is 2. The van der Waals surface area contributed by atoms with Crippen LogP contribution in [0.25, 0.3) is 0 Å². The minimum Gasteiger partial charge on any atom is -0.443 e. The van der Waals surface area contributed by atoms with Gasteiger partial charge in [0, 0.05) is 30.4 Å². The van der Waals surface area contributed by atoms with Gasteiger partial charge in [-0.15, -0.1) is 0 Å². The summed E-state index contributed by atoms with van der Waals surface area (Å²) in [5.41, 5.74) is 12.5. The third kappa shape index (κ3) is 4.30. The van der Waals surface area contributed by atoms with Gasteiger partial charge in [-0.05, 0) is 63.3 Å². The van der Waals surface area contributed by atoms with E-state index < -0.39 is 11.7 Å². The number of ether oxygens (including phenoxy) is 1. The van der Waals surface area contributed by atoms with Crippen molar-refractivity contribution in [2.24, 2.45) is 17.6 Å². The van der Waals surface area contributed by atoms with E-state index >= 15 is 0 Å². The molecule has 0 spiro atoms. The number of primary amides is 1. The van der Waals surface area contributed by atoms with E-state index in [4.69, 9.17) is 16.2 Å². The van der Waals surface area contributed by atoms with Crippen molar-refractivity contribution < 1.29 is 9.53 Å². The Morgan fingerprint density at radius 3 is 2.35 bits per heavy atom. The van der Waals surface area contributed by atoms with Gasteiger partial charge in [-0.1, -0.05) is 6.92 Å². The second-order valence-corrected chi connectivity index (χ2v) is 6.96. The second-order valence-electron chi connectivity index (χ2n) is 6.96. The molecular formula is C18H29N3O2. The van der Waals surface area contributed by atoms with Crippen LogP contribution in [0.2, 0.25) is 0 Å². The zero-order valence-corrected chi connectivity index (χ0v) is 14.4. The molecule has 0 aromatic heterocycles. The Bertz CT molecular complexity index is 520. The Hall–Kier alpha value is -1.91. The molecule has 1 aromatic rings. The van der Waals surface area contributed by atoms with Gasteiger partial charge >= 0.3 is 6.09 Å². The highest BCUT2D eigenvalue weighted by Crippen LogP contribution is 2.37. The minimum absolute atomic E-state index is 0.323. The first kappa shape index (κ1) is 17.4. The van der Waals surface area contributed by atoms with E-state index in [0.717, 1.165) is 38.0 Å². The SMILES string of the molecule is CCC(C1CCN(c2ccc(N)cc2)CC1)C(C)(C)OC(N)=O. The van der Waals surface area contributed by atoms with Crippen molar-refractivity contribution in [3.05, 3.63) is 24.3 Å². The Labute approximate surface area is 139 Å². The van der Waals surface area contributed by atoms with Crippen molar-refractivity contribution in [3.8, 4) is 0 Å². The first-order chi connectivity index (χ1) is 10.8. The molecule has 1 heterocycles. The molecule has 5 heteroatoms. The summed E-state index contributed by atoms with van der Waals surface area (Å²) in [6, 6.07) is 8.04. The van der Waals surface area contributed by atoms with Crippen molar-refractivity contribution >= 4 is 17.5 Å². The number of nitrogen functional groups attached to an aromatic ring is 1. The Kier molecular flexibility index (Phi) is 5.39. The van der Waals surface area contributed by atoms with E-state index in [-0.39, 0.29) is 0 Å². The van der Waals surface area contributed by atoms with Gasteiger partial charge in [0.2, 0.25) is 0 Å². The average molecular weight is 319 g/mol. The molecule has 0 saturated carbocycles. The molecule has 1 fully saturated rings. The monoisotopic (exact) mass is 319 g/mol. The third-order valence-electron chi connectivity index (χ3n) is 5.06. The number of nitrogens with two attached hydrogens (primary N) is 2. The van der Waals surface area contributed by atoms with Crippen LogP contribution in [0.5, 0.6) is 0 Å². The van der Waals surface area contributed by atoms with Gasteiger partial charge in [-0.3, -0.25) is 0 Å². The zero-order chi connectivity index (χ0) is 17.0. The van der Waals surface area contributed by atoms with Crippen molar-refractivity contribution in [2.45, 2.75) is 45.6 Å². The number of carbonyl (C=O) groups excluding carboxylic acids is 1. The molecule has 0 radical (unpaired) electrons. The summed E-state index contributed by atoms with van der Waals surface area (Å²) in [6.07, 6.45) is 2.48. The van der Waals surface area contributed by atoms with Crippen LogP contribution in [0.3, 0.4) is 0 Å². The van der Waals surface area contributed by atoms with Crippen LogP contribution in [0.1, 0.15) is 40.0 Å². The summed E-state index contributed by atoms with van der Waals surface area (Å²) in [5.74, 6) is 0.864. The number of hydrogen-bond acceptors (Lipinski definition) is 4. The second kappa shape index (κ2) is 7.11. The Morgan fingerprint density at radius 1 is 1.30 bits per heavy atom. The molecule has 1 atom stereocenters. The summed E-state index contributed by atoms with van der Waals surface area (Å²) >= 11 is 0. The van der Waals surface area contributed by atoms with Crippen molar-refractivity contribution in [2.75, 3.05) is 23.7 Å². The number of piperidine rings is 1. The predicted molar refractivity (Wildman–Crippen MR) is 94.3 cm³/mol. The first-order valence-corrected chi connectivity index (χ1v) is 8.42. The highest BCUT2D eigenvalue weighted by atomic mass is 16.6. The number of benzene rings is 1. The molecule has 1 amide bonds. The smallest absolute Gasteiger partial charge is 0.405 e. The zero-order valence-electron chi connectivity index (χ0n) is 14.4. The van der Waals surface area contributed by atoms with Crippen LogP contribution in [-0.2, 0) is 4.74 Å². The summed E-state index contributed by atoms with van der Waals surface area (Å²) in [5, 5.41) is 0. The number of carbonyl (C=O) groups is 1. The maximum Gasteiger partial charge on any atom is 0.405 e. The standard InChI is InChI=1S/C18H29N3O2/c1-4-16(18(2,3)23-17(20)22)13-9-11-21(12-10-13)15-7-5-14(19)6-8-15/h5-8,13,16H,4,9-12,19H2,1-3H3,(H2,20,22). The Balaban J connectivity index is 1.99. The van der Waals surface area contributed by atoms with E-state index in [9.17, 15) is 4.79 Å². The minimum atomic E-state index is -0.687. The van der Waals surface area contributed by atoms with Crippen molar-refractivity contribution in [1.29, 1.82) is 0 Å². The highest BCUT2D eigenvalue weighted by Gasteiger charge is 2.38. The van der Waals surface area contributed by atoms with Gasteiger partial charge in [0.05, 0.1) is 0 Å². The normalized spacial score (nSPS) is 17.8. The summed E-state index contributed by atoms with van der Waals surface area (Å²) in [7, 11) is 0. The molecule has 1 unspecified atom stereocenters. The van der Waals surface area contributed by atoms with Crippen molar-refractivity contribution in [3.63, 3.8) is 0 Å². The van der Waals surface area contributed by atoms with E-state index in [2.05, 4.69) is 24.0 Å². The van der Waals surface area contributed by atoms with Gasteiger partial charge in [0.25, 0.3) is 0 Å². The lowest BCUT2D eigenvalue weighted by molar-refractivity contribution is -0.0291. The van der Waals surface area contributed by atoms with E-state index in [1.54, 1.807) is 0 Å². The van der Waals surface area contributed by atoms with Crippen LogP contribution < -0.4 is 16.4 Å². The molecule has 1 aliphatic rings. The molecule has 0 aliphatic carbocycles. The van der Waals surface area contributed by atoms with E-state index in [1.165, 1.54) is 5.69 Å². The fourth-order valence-corrected chi connectivity index (χ4v) is 3.97. The number of anilines is 2. The molecule has 1 saturated heterocycles. The van der Waals surface area contributed by atoms with Gasteiger partial charge in [0.1, 0.15) is 5.60 Å². The molecule has 4 N–H and O–H groups in total. The fraction of sp³-hybridized carbons (Fsp3) is 0.611. The first-order valence-electron chi connectivity index (χ1n) is 8.42. The number of rotatable bonds is 5. The summed E-state index contributed by atoms with van der Waals surface area (Å²) < 4.78 is 5.38. The summed E-state index contributed by atoms with van der Waals surface area (Å²) in [4.78, 5) is 13.6. The van der Waals surface area contributed by atoms with Crippen LogP contribution in [0, 0.1) is 11.8 Å². The molecule has 128 valence electrons. The van der Waals surface area contributed by atoms with Gasteiger partial charge in [-0.2, -0.15) is 0 Å². The summed E-state index contributed by atoms with van der Waals surface area (Å²) in [6.45, 7) is 8.12. The lowest BCUT2D eigenvalue weighted by atomic mass is 9.74. The predicted octanol–water partition coefficient (Wildman–Crippen LogP) is 3.39. The van der Waals surface area contributed by atoms with E-state index in [0.29, 0.717) is 11.8 Å². The third-order valence-corrected chi connectivity index (χ3v) is 5.06. The molecule has 0 bridgehead atoms. The van der Waals surface area contributed by atoms with E-state index in [1.807, 2.05) is 26.0 Å². The quantitative estimate of drug-likeness (QED) is 0.815. The largest absolute Gasteiger partial charge is 0.443 e. The molecule has 2 rings (SSSR count). The lowest BCUT2D eigenvalue weighted by Crippen LogP contribution is -2.45. The fourth-order valence-electron chi connectivity index (χ4n) is 3.97. The number of amides is 1. The van der Waals surface area contributed by atoms with Gasteiger partial charge in [-0.25, -0.2) is 4.79 Å². The lowest BCUT2D eigenvalue weighted by Gasteiger charge is -2.42. The van der Waals surface area contributed by atoms with Crippen LogP contribution in [-0.4, -0.2) is 24.8 Å². The van der Waals surface area contributed by atoms with Crippen LogP contribution in [0.15, 0.2) is 24.3 Å². The molecule has 23 heavy (non-hydrogen) atoms. The van der Waals surface area contributed by atoms with Gasteiger partial charge < -0.3 is 21.1 Å². The highest BCUT2D eigenvalue weighted by molar-refractivity contribution is 5.65. The van der Waals surface area contributed by atoms with Crippen LogP contribution >= 0.6 is 0 Å². The Morgan fingerprint density at radius 2 is 1.87 bits per heavy atom. The maximum absolute atomic E-state index is 11.2. The maximum atomic E-state index is 11.2. The van der Waals surface area contributed by atoms with Crippen molar-refractivity contribution in [1.82, 2.24) is 0 Å². The molecule has 5 nitrogen and oxygen atoms in total. The average Bonchev–Trinajstić information content (AvgIpc) is 2.48. The number of nitrogens with zero attached hydrogens (tertiary/aromatic N) is 1. The molecule has 1 aliphatic heterocycles. The van der Waals surface area contributed by atoms with Gasteiger partial charge in [0.15, 0.2) is 0 Å². The molecule has 1 aromatic carbocycles. The van der Waals surface area contributed by atoms with Crippen LogP contribution in [0.4, 0.5) is 16.2 Å². The topological polar surface area (TPSA) is 81.6 Å².